The summed E-state index contributed by atoms with van der Waals surface area (Å²) in [6.07, 6.45) is -0.669. The summed E-state index contributed by atoms with van der Waals surface area (Å²) in [6.45, 7) is 0. The molecule has 144 valence electrons. The Kier molecular flexibility index (Phi) is 5.77. The van der Waals surface area contributed by atoms with Gasteiger partial charge in [-0.1, -0.05) is 60.7 Å². The first-order chi connectivity index (χ1) is 13.4. The van der Waals surface area contributed by atoms with Crippen LogP contribution in [0.1, 0.15) is 27.6 Å². The van der Waals surface area contributed by atoms with Crippen molar-refractivity contribution in [3.8, 4) is 5.75 Å². The van der Waals surface area contributed by atoms with Gasteiger partial charge in [-0.2, -0.15) is 0 Å². The number of nitrogens with two attached hydrogens (primary N) is 1. The normalized spacial score (nSPS) is 11.2. The Morgan fingerprint density at radius 3 is 1.89 bits per heavy atom. The van der Waals surface area contributed by atoms with Crippen molar-refractivity contribution < 1.29 is 22.7 Å². The van der Waals surface area contributed by atoms with Crippen LogP contribution < -0.4 is 9.88 Å². The van der Waals surface area contributed by atoms with Crippen LogP contribution in [0.5, 0.6) is 5.75 Å². The number of methoxy groups -OCH3 is 1. The Bertz CT molecular complexity index is 1030. The molecule has 0 amide bonds. The zero-order valence-corrected chi connectivity index (χ0v) is 15.9. The van der Waals surface area contributed by atoms with Gasteiger partial charge in [0.15, 0.2) is 6.10 Å². The van der Waals surface area contributed by atoms with Crippen molar-refractivity contribution in [2.75, 3.05) is 7.11 Å². The fourth-order valence-corrected chi connectivity index (χ4v) is 3.32. The first-order valence-electron chi connectivity index (χ1n) is 8.42. The number of hydrogen-bond donors (Lipinski definition) is 1. The molecular formula is C21H19NO5S. The predicted molar refractivity (Wildman–Crippen MR) is 105 cm³/mol. The molecule has 0 aromatic heterocycles. The van der Waals surface area contributed by atoms with Crippen LogP contribution in [-0.2, 0) is 14.8 Å². The summed E-state index contributed by atoms with van der Waals surface area (Å²) < 4.78 is 34.3. The molecule has 3 rings (SSSR count). The van der Waals surface area contributed by atoms with Crippen LogP contribution in [0, 0.1) is 0 Å². The highest BCUT2D eigenvalue weighted by atomic mass is 32.2. The van der Waals surface area contributed by atoms with Gasteiger partial charge in [0.1, 0.15) is 11.3 Å². The minimum absolute atomic E-state index is 0.0223. The van der Waals surface area contributed by atoms with E-state index in [2.05, 4.69) is 0 Å². The van der Waals surface area contributed by atoms with E-state index >= 15 is 0 Å². The van der Waals surface area contributed by atoms with Gasteiger partial charge in [-0.3, -0.25) is 0 Å². The summed E-state index contributed by atoms with van der Waals surface area (Å²) in [5, 5.41) is 5.18. The fourth-order valence-electron chi connectivity index (χ4n) is 2.78. The summed E-state index contributed by atoms with van der Waals surface area (Å²) in [4.78, 5) is 12.7. The highest BCUT2D eigenvalue weighted by Gasteiger charge is 2.24. The molecule has 7 heteroatoms. The maximum absolute atomic E-state index is 12.9. The van der Waals surface area contributed by atoms with Crippen molar-refractivity contribution in [3.63, 3.8) is 0 Å². The SMILES string of the molecule is COc1ccc(S(N)(=O)=O)cc1C(=O)OC(c1ccccc1)c1ccccc1. The van der Waals surface area contributed by atoms with Gasteiger partial charge in [-0.25, -0.2) is 18.4 Å². The smallest absolute Gasteiger partial charge is 0.342 e. The average Bonchev–Trinajstić information content (AvgIpc) is 2.72. The number of benzene rings is 3. The summed E-state index contributed by atoms with van der Waals surface area (Å²) >= 11 is 0. The number of primary sulfonamides is 1. The van der Waals surface area contributed by atoms with Gasteiger partial charge in [0.25, 0.3) is 0 Å². The van der Waals surface area contributed by atoms with Crippen LogP contribution in [0.15, 0.2) is 83.8 Å². The zero-order valence-electron chi connectivity index (χ0n) is 15.1. The minimum atomic E-state index is -3.98. The topological polar surface area (TPSA) is 95.7 Å². The van der Waals surface area contributed by atoms with E-state index in [1.54, 1.807) is 0 Å². The highest BCUT2D eigenvalue weighted by molar-refractivity contribution is 7.89. The van der Waals surface area contributed by atoms with Crippen LogP contribution in [-0.4, -0.2) is 21.5 Å². The molecule has 0 radical (unpaired) electrons. The molecule has 0 bridgehead atoms. The van der Waals surface area contributed by atoms with Gasteiger partial charge < -0.3 is 9.47 Å². The number of esters is 1. The maximum atomic E-state index is 12.9. The zero-order chi connectivity index (χ0) is 20.1. The van der Waals surface area contributed by atoms with Crippen molar-refractivity contribution in [3.05, 3.63) is 95.6 Å². The molecule has 0 unspecified atom stereocenters. The molecule has 0 spiro atoms. The molecular weight excluding hydrogens is 378 g/mol. The number of sulfonamides is 1. The van der Waals surface area contributed by atoms with Gasteiger partial charge in [0, 0.05) is 0 Å². The molecule has 0 aliphatic rings. The largest absolute Gasteiger partial charge is 0.496 e. The molecule has 3 aromatic rings. The molecule has 0 aliphatic heterocycles. The Balaban J connectivity index is 2.01. The Morgan fingerprint density at radius 1 is 0.893 bits per heavy atom. The van der Waals surface area contributed by atoms with Gasteiger partial charge in [-0.15, -0.1) is 0 Å². The van der Waals surface area contributed by atoms with Crippen LogP contribution in [0.4, 0.5) is 0 Å². The lowest BCUT2D eigenvalue weighted by atomic mass is 10.0. The summed E-state index contributed by atoms with van der Waals surface area (Å²) in [7, 11) is -2.60. The molecule has 0 heterocycles. The molecule has 0 atom stereocenters. The fraction of sp³-hybridized carbons (Fsp3) is 0.0952. The Hall–Kier alpha value is -3.16. The van der Waals surface area contributed by atoms with Gasteiger partial charge in [0.2, 0.25) is 10.0 Å². The van der Waals surface area contributed by atoms with Crippen LogP contribution in [0.2, 0.25) is 0 Å². The molecule has 3 aromatic carbocycles. The second-order valence-corrected chi connectivity index (χ2v) is 7.58. The molecule has 28 heavy (non-hydrogen) atoms. The lowest BCUT2D eigenvalue weighted by molar-refractivity contribution is 0.0374. The lowest BCUT2D eigenvalue weighted by Crippen LogP contribution is -2.16. The van der Waals surface area contributed by atoms with E-state index in [0.717, 1.165) is 17.2 Å². The lowest BCUT2D eigenvalue weighted by Gasteiger charge is -2.20. The third-order valence-corrected chi connectivity index (χ3v) is 5.06. The second-order valence-electron chi connectivity index (χ2n) is 6.01. The number of carbonyl (C=O) groups is 1. The van der Waals surface area contributed by atoms with Crippen molar-refractivity contribution in [1.82, 2.24) is 0 Å². The summed E-state index contributed by atoms with van der Waals surface area (Å²) in [5.41, 5.74) is 1.54. The summed E-state index contributed by atoms with van der Waals surface area (Å²) in [5.74, 6) is -0.530. The molecule has 0 saturated carbocycles. The Morgan fingerprint density at radius 2 is 1.43 bits per heavy atom. The van der Waals surface area contributed by atoms with Crippen LogP contribution in [0.3, 0.4) is 0 Å². The first kappa shape index (κ1) is 19.6. The second kappa shape index (κ2) is 8.24. The number of hydrogen-bond acceptors (Lipinski definition) is 5. The van der Waals surface area contributed by atoms with E-state index in [9.17, 15) is 13.2 Å². The average molecular weight is 397 g/mol. The van der Waals surface area contributed by atoms with Crippen molar-refractivity contribution >= 4 is 16.0 Å². The highest BCUT2D eigenvalue weighted by Crippen LogP contribution is 2.30. The van der Waals surface area contributed by atoms with E-state index in [0.29, 0.717) is 0 Å². The molecule has 0 fully saturated rings. The monoisotopic (exact) mass is 397 g/mol. The third kappa shape index (κ3) is 4.39. The molecule has 6 nitrogen and oxygen atoms in total. The molecule has 0 aliphatic carbocycles. The van der Waals surface area contributed by atoms with Crippen molar-refractivity contribution in [2.24, 2.45) is 5.14 Å². The standard InChI is InChI=1S/C21H19NO5S/c1-26-19-13-12-17(28(22,24)25)14-18(19)21(23)27-20(15-8-4-2-5-9-15)16-10-6-3-7-11-16/h2-14,20H,1H3,(H2,22,24,25). The van der Waals surface area contributed by atoms with E-state index < -0.39 is 22.1 Å². The molecule has 2 N–H and O–H groups in total. The van der Waals surface area contributed by atoms with Crippen molar-refractivity contribution in [2.45, 2.75) is 11.0 Å². The number of carbonyl (C=O) groups excluding carboxylic acids is 1. The molecule has 0 saturated heterocycles. The van der Waals surface area contributed by atoms with Gasteiger partial charge in [-0.05, 0) is 29.3 Å². The van der Waals surface area contributed by atoms with E-state index in [4.69, 9.17) is 14.6 Å². The maximum Gasteiger partial charge on any atom is 0.342 e. The van der Waals surface area contributed by atoms with Crippen LogP contribution in [0.25, 0.3) is 0 Å². The van der Waals surface area contributed by atoms with Crippen LogP contribution >= 0.6 is 0 Å². The summed E-state index contributed by atoms with van der Waals surface area (Å²) in [6, 6.07) is 22.3. The number of rotatable bonds is 6. The number of ether oxygens (including phenoxy) is 2. The Labute approximate surface area is 163 Å². The van der Waals surface area contributed by atoms with E-state index in [-0.39, 0.29) is 16.2 Å². The third-order valence-electron chi connectivity index (χ3n) is 4.15. The quantitative estimate of drug-likeness (QED) is 0.644. The van der Waals surface area contributed by atoms with E-state index in [1.807, 2.05) is 60.7 Å². The van der Waals surface area contributed by atoms with Gasteiger partial charge in [0.05, 0.1) is 12.0 Å². The van der Waals surface area contributed by atoms with Gasteiger partial charge >= 0.3 is 5.97 Å². The van der Waals surface area contributed by atoms with Crippen molar-refractivity contribution in [1.29, 1.82) is 0 Å². The first-order valence-corrected chi connectivity index (χ1v) is 9.96. The predicted octanol–water partition coefficient (Wildman–Crippen LogP) is 3.29. The van der Waals surface area contributed by atoms with E-state index in [1.165, 1.54) is 19.2 Å². The minimum Gasteiger partial charge on any atom is -0.496 e.